The van der Waals surface area contributed by atoms with Gasteiger partial charge < -0.3 is 5.32 Å². The van der Waals surface area contributed by atoms with Gasteiger partial charge in [-0.25, -0.2) is 4.98 Å². The van der Waals surface area contributed by atoms with E-state index in [4.69, 9.17) is 0 Å². The van der Waals surface area contributed by atoms with Crippen molar-refractivity contribution in [3.05, 3.63) is 56.5 Å². The van der Waals surface area contributed by atoms with E-state index in [0.29, 0.717) is 0 Å². The molecule has 0 radical (unpaired) electrons. The van der Waals surface area contributed by atoms with Gasteiger partial charge >= 0.3 is 0 Å². The normalized spacial score (nSPS) is 12.3. The van der Waals surface area contributed by atoms with Crippen molar-refractivity contribution in [3.8, 4) is 0 Å². The van der Waals surface area contributed by atoms with Crippen LogP contribution < -0.4 is 5.32 Å². The van der Waals surface area contributed by atoms with Gasteiger partial charge in [0.15, 0.2) is 0 Å². The van der Waals surface area contributed by atoms with Crippen LogP contribution in [0.2, 0.25) is 0 Å². The number of nitrogens with zero attached hydrogens (tertiary/aromatic N) is 2. The third-order valence-corrected chi connectivity index (χ3v) is 3.69. The van der Waals surface area contributed by atoms with Crippen LogP contribution in [-0.2, 0) is 6.42 Å². The molecule has 2 aromatic rings. The summed E-state index contributed by atoms with van der Waals surface area (Å²) in [4.78, 5) is 14.6. The minimum Gasteiger partial charge on any atom is -0.310 e. The molecule has 0 aliphatic rings. The summed E-state index contributed by atoms with van der Waals surface area (Å²) >= 11 is 1.64. The average molecular weight is 277 g/mol. The van der Waals surface area contributed by atoms with Gasteiger partial charge in [-0.2, -0.15) is 0 Å². The van der Waals surface area contributed by atoms with Gasteiger partial charge in [-0.1, -0.05) is 12.1 Å². The molecule has 100 valence electrons. The van der Waals surface area contributed by atoms with Crippen LogP contribution in [0.1, 0.15) is 23.5 Å². The molecule has 0 fully saturated rings. The summed E-state index contributed by atoms with van der Waals surface area (Å²) in [5.41, 5.74) is 1.06. The molecule has 1 N–H and O–H groups in total. The van der Waals surface area contributed by atoms with Gasteiger partial charge in [0.05, 0.1) is 9.93 Å². The fourth-order valence-corrected chi connectivity index (χ4v) is 2.42. The van der Waals surface area contributed by atoms with Crippen LogP contribution >= 0.6 is 11.3 Å². The van der Waals surface area contributed by atoms with Crippen molar-refractivity contribution in [1.82, 2.24) is 10.3 Å². The topological polar surface area (TPSA) is 68.1 Å². The Morgan fingerprint density at radius 2 is 2.37 bits per heavy atom. The van der Waals surface area contributed by atoms with E-state index < -0.39 is 0 Å². The standard InChI is InChI=1S/C13H15N3O2S/c1-10(14-6-5-13-15-7-8-19-13)11-3-2-4-12(9-11)16(17)18/h2-4,7-10,14H,5-6H2,1H3. The Balaban J connectivity index is 1.90. The maximum atomic E-state index is 10.7. The summed E-state index contributed by atoms with van der Waals surface area (Å²) in [5, 5.41) is 17.1. The Kier molecular flexibility index (Phi) is 4.59. The smallest absolute Gasteiger partial charge is 0.269 e. The maximum absolute atomic E-state index is 10.7. The van der Waals surface area contributed by atoms with Gasteiger partial charge in [0.2, 0.25) is 0 Å². The number of nitro benzene ring substituents is 1. The van der Waals surface area contributed by atoms with Gasteiger partial charge in [-0.3, -0.25) is 10.1 Å². The molecule has 2 rings (SSSR count). The molecule has 0 aliphatic heterocycles. The molecule has 0 bridgehead atoms. The molecule has 1 aromatic heterocycles. The van der Waals surface area contributed by atoms with Crippen LogP contribution in [0.15, 0.2) is 35.8 Å². The first-order chi connectivity index (χ1) is 9.16. The van der Waals surface area contributed by atoms with E-state index in [1.807, 2.05) is 18.4 Å². The van der Waals surface area contributed by atoms with Crippen molar-refractivity contribution in [2.24, 2.45) is 0 Å². The molecule has 6 heteroatoms. The monoisotopic (exact) mass is 277 g/mol. The van der Waals surface area contributed by atoms with Gasteiger partial charge in [0.1, 0.15) is 0 Å². The van der Waals surface area contributed by atoms with Crippen molar-refractivity contribution in [2.45, 2.75) is 19.4 Å². The van der Waals surface area contributed by atoms with Crippen molar-refractivity contribution < 1.29 is 4.92 Å². The second-order valence-corrected chi connectivity index (χ2v) is 5.18. The molecule has 0 spiro atoms. The molecular weight excluding hydrogens is 262 g/mol. The van der Waals surface area contributed by atoms with Crippen molar-refractivity contribution in [2.75, 3.05) is 6.54 Å². The minimum atomic E-state index is -0.369. The zero-order chi connectivity index (χ0) is 13.7. The van der Waals surface area contributed by atoms with Crippen molar-refractivity contribution >= 4 is 17.0 Å². The van der Waals surface area contributed by atoms with Crippen LogP contribution in [0.4, 0.5) is 5.69 Å². The largest absolute Gasteiger partial charge is 0.310 e. The molecular formula is C13H15N3O2S. The summed E-state index contributed by atoms with van der Waals surface area (Å²) in [6, 6.07) is 6.81. The summed E-state index contributed by atoms with van der Waals surface area (Å²) in [6.45, 7) is 2.80. The van der Waals surface area contributed by atoms with Crippen LogP contribution in [0, 0.1) is 10.1 Å². The lowest BCUT2D eigenvalue weighted by atomic mass is 10.1. The summed E-state index contributed by atoms with van der Waals surface area (Å²) in [6.07, 6.45) is 2.67. The summed E-state index contributed by atoms with van der Waals surface area (Å²) in [5.74, 6) is 0. The number of hydrogen-bond donors (Lipinski definition) is 1. The van der Waals surface area contributed by atoms with Crippen molar-refractivity contribution in [3.63, 3.8) is 0 Å². The Labute approximate surface area is 115 Å². The van der Waals surface area contributed by atoms with Crippen LogP contribution in [0.25, 0.3) is 0 Å². The molecule has 0 amide bonds. The minimum absolute atomic E-state index is 0.0832. The Hall–Kier alpha value is -1.79. The van der Waals surface area contributed by atoms with Gasteiger partial charge in [0, 0.05) is 42.7 Å². The Morgan fingerprint density at radius 1 is 1.53 bits per heavy atom. The number of hydrogen-bond acceptors (Lipinski definition) is 5. The number of nitrogens with one attached hydrogen (secondary N) is 1. The fourth-order valence-electron chi connectivity index (χ4n) is 1.80. The SMILES string of the molecule is CC(NCCc1nccs1)c1cccc([N+](=O)[O-])c1. The fraction of sp³-hybridized carbons (Fsp3) is 0.308. The first-order valence-corrected chi connectivity index (χ1v) is 6.91. The zero-order valence-electron chi connectivity index (χ0n) is 10.6. The van der Waals surface area contributed by atoms with Crippen LogP contribution in [0.3, 0.4) is 0 Å². The molecule has 0 aliphatic carbocycles. The molecule has 5 nitrogen and oxygen atoms in total. The third kappa shape index (κ3) is 3.84. The lowest BCUT2D eigenvalue weighted by Gasteiger charge is -2.13. The number of aromatic nitrogens is 1. The van der Waals surface area contributed by atoms with Gasteiger partial charge in [0.25, 0.3) is 5.69 Å². The number of non-ortho nitro benzene ring substituents is 1. The highest BCUT2D eigenvalue weighted by molar-refractivity contribution is 7.09. The predicted octanol–water partition coefficient (Wildman–Crippen LogP) is 2.94. The predicted molar refractivity (Wildman–Crippen MR) is 75.3 cm³/mol. The molecule has 1 aromatic carbocycles. The van der Waals surface area contributed by atoms with E-state index in [0.717, 1.165) is 23.5 Å². The second kappa shape index (κ2) is 6.40. The number of thiazole rings is 1. The number of benzene rings is 1. The van der Waals surface area contributed by atoms with E-state index in [1.165, 1.54) is 6.07 Å². The highest BCUT2D eigenvalue weighted by atomic mass is 32.1. The first-order valence-electron chi connectivity index (χ1n) is 6.03. The first kappa shape index (κ1) is 13.6. The lowest BCUT2D eigenvalue weighted by Crippen LogP contribution is -2.21. The highest BCUT2D eigenvalue weighted by Gasteiger charge is 2.10. The lowest BCUT2D eigenvalue weighted by molar-refractivity contribution is -0.384. The number of rotatable bonds is 6. The van der Waals surface area contributed by atoms with Gasteiger partial charge in [-0.15, -0.1) is 11.3 Å². The van der Waals surface area contributed by atoms with E-state index in [2.05, 4.69) is 10.3 Å². The number of nitro groups is 1. The van der Waals surface area contributed by atoms with Crippen molar-refractivity contribution in [1.29, 1.82) is 0 Å². The average Bonchev–Trinajstić information content (AvgIpc) is 2.92. The Bertz CT molecular complexity index is 543. The molecule has 1 heterocycles. The van der Waals surface area contributed by atoms with E-state index >= 15 is 0 Å². The van der Waals surface area contributed by atoms with Crippen LogP contribution in [0.5, 0.6) is 0 Å². The summed E-state index contributed by atoms with van der Waals surface area (Å²) < 4.78 is 0. The molecule has 0 saturated heterocycles. The summed E-state index contributed by atoms with van der Waals surface area (Å²) in [7, 11) is 0. The van der Waals surface area contributed by atoms with E-state index in [-0.39, 0.29) is 16.7 Å². The van der Waals surface area contributed by atoms with Crippen LogP contribution in [-0.4, -0.2) is 16.5 Å². The van der Waals surface area contributed by atoms with Gasteiger partial charge in [-0.05, 0) is 12.5 Å². The molecule has 19 heavy (non-hydrogen) atoms. The third-order valence-electron chi connectivity index (χ3n) is 2.85. The highest BCUT2D eigenvalue weighted by Crippen LogP contribution is 2.18. The maximum Gasteiger partial charge on any atom is 0.269 e. The molecule has 0 saturated carbocycles. The quantitative estimate of drug-likeness (QED) is 0.651. The molecule has 1 unspecified atom stereocenters. The van der Waals surface area contributed by atoms with E-state index in [9.17, 15) is 10.1 Å². The second-order valence-electron chi connectivity index (χ2n) is 4.20. The Morgan fingerprint density at radius 3 is 3.05 bits per heavy atom. The zero-order valence-corrected chi connectivity index (χ0v) is 11.4. The van der Waals surface area contributed by atoms with E-state index in [1.54, 1.807) is 29.7 Å². The molecule has 1 atom stereocenters.